The first-order valence-electron chi connectivity index (χ1n) is 6.15. The van der Waals surface area contributed by atoms with Crippen LogP contribution in [-0.2, 0) is 6.54 Å². The third-order valence-corrected chi connectivity index (χ3v) is 3.39. The van der Waals surface area contributed by atoms with Crippen molar-refractivity contribution in [3.05, 3.63) is 58.9 Å². The van der Waals surface area contributed by atoms with Crippen LogP contribution in [0.4, 0.5) is 15.8 Å². The maximum Gasteiger partial charge on any atom is 0.124 e. The molecule has 0 radical (unpaired) electrons. The van der Waals surface area contributed by atoms with Gasteiger partial charge < -0.3 is 10.6 Å². The van der Waals surface area contributed by atoms with E-state index in [0.29, 0.717) is 11.6 Å². The number of nitrogens with zero attached hydrogens (tertiary/aromatic N) is 1. The van der Waals surface area contributed by atoms with Crippen LogP contribution in [0.5, 0.6) is 0 Å². The lowest BCUT2D eigenvalue weighted by Gasteiger charge is -2.25. The Kier molecular flexibility index (Phi) is 4.27. The average molecular weight is 279 g/mol. The first-order chi connectivity index (χ1) is 9.11. The topological polar surface area (TPSA) is 29.3 Å². The van der Waals surface area contributed by atoms with Gasteiger partial charge in [0.1, 0.15) is 5.82 Å². The Balaban J connectivity index is 2.27. The summed E-state index contributed by atoms with van der Waals surface area (Å²) in [7, 11) is 0. The number of para-hydroxylation sites is 2. The summed E-state index contributed by atoms with van der Waals surface area (Å²) in [5, 5.41) is 0.438. The van der Waals surface area contributed by atoms with Gasteiger partial charge >= 0.3 is 0 Å². The van der Waals surface area contributed by atoms with Crippen molar-refractivity contribution in [3.63, 3.8) is 0 Å². The molecule has 0 aliphatic heterocycles. The molecule has 4 heteroatoms. The molecule has 2 rings (SSSR count). The molecule has 0 aliphatic carbocycles. The second-order valence-electron chi connectivity index (χ2n) is 4.31. The van der Waals surface area contributed by atoms with Crippen LogP contribution >= 0.6 is 11.6 Å². The summed E-state index contributed by atoms with van der Waals surface area (Å²) in [6.45, 7) is 3.44. The minimum absolute atomic E-state index is 0.323. The summed E-state index contributed by atoms with van der Waals surface area (Å²) >= 11 is 6.06. The van der Waals surface area contributed by atoms with Gasteiger partial charge in [0.05, 0.1) is 11.4 Å². The van der Waals surface area contributed by atoms with Gasteiger partial charge in [0.2, 0.25) is 0 Å². The Labute approximate surface area is 117 Å². The molecule has 0 saturated carbocycles. The fraction of sp³-hybridized carbons (Fsp3) is 0.200. The van der Waals surface area contributed by atoms with Gasteiger partial charge in [0, 0.05) is 18.1 Å². The highest BCUT2D eigenvalue weighted by Gasteiger charge is 2.10. The molecule has 0 spiro atoms. The van der Waals surface area contributed by atoms with Crippen molar-refractivity contribution >= 4 is 23.0 Å². The molecule has 0 saturated heterocycles. The molecule has 2 aromatic rings. The largest absolute Gasteiger partial charge is 0.397 e. The molecule has 2 aromatic carbocycles. The zero-order valence-electron chi connectivity index (χ0n) is 10.7. The minimum Gasteiger partial charge on any atom is -0.397 e. The second kappa shape index (κ2) is 5.93. The Hall–Kier alpha value is -1.74. The van der Waals surface area contributed by atoms with E-state index in [2.05, 4.69) is 4.90 Å². The molecule has 0 atom stereocenters. The third-order valence-electron chi connectivity index (χ3n) is 3.04. The molecule has 0 aromatic heterocycles. The Morgan fingerprint density at radius 1 is 1.21 bits per heavy atom. The Morgan fingerprint density at radius 2 is 1.95 bits per heavy atom. The van der Waals surface area contributed by atoms with Gasteiger partial charge in [0.15, 0.2) is 0 Å². The van der Waals surface area contributed by atoms with Gasteiger partial charge in [-0.05, 0) is 36.8 Å². The molecule has 0 bridgehead atoms. The van der Waals surface area contributed by atoms with Crippen molar-refractivity contribution < 1.29 is 4.39 Å². The molecular weight excluding hydrogens is 263 g/mol. The van der Waals surface area contributed by atoms with E-state index in [1.54, 1.807) is 6.07 Å². The maximum absolute atomic E-state index is 13.0. The van der Waals surface area contributed by atoms with Crippen LogP contribution in [0, 0.1) is 5.82 Å². The van der Waals surface area contributed by atoms with Crippen LogP contribution in [-0.4, -0.2) is 6.54 Å². The molecular formula is C15H16ClFN2. The standard InChI is InChI=1S/C15H16ClFN2/c1-2-19(15-6-4-3-5-14(15)18)10-11-7-8-12(17)9-13(11)16/h3-9H,2,10,18H2,1H3. The highest BCUT2D eigenvalue weighted by atomic mass is 35.5. The summed E-state index contributed by atoms with van der Waals surface area (Å²) < 4.78 is 13.0. The van der Waals surface area contributed by atoms with Gasteiger partial charge in [0.25, 0.3) is 0 Å². The summed E-state index contributed by atoms with van der Waals surface area (Å²) in [6.07, 6.45) is 0. The predicted octanol–water partition coefficient (Wildman–Crippen LogP) is 4.09. The molecule has 0 unspecified atom stereocenters. The molecule has 2 N–H and O–H groups in total. The van der Waals surface area contributed by atoms with E-state index in [4.69, 9.17) is 17.3 Å². The van der Waals surface area contributed by atoms with Crippen molar-refractivity contribution in [2.45, 2.75) is 13.5 Å². The third kappa shape index (κ3) is 3.18. The highest BCUT2D eigenvalue weighted by molar-refractivity contribution is 6.31. The Bertz CT molecular complexity index is 572. The lowest BCUT2D eigenvalue weighted by atomic mass is 10.1. The molecule has 0 amide bonds. The number of benzene rings is 2. The first-order valence-corrected chi connectivity index (χ1v) is 6.53. The normalized spacial score (nSPS) is 10.5. The van der Waals surface area contributed by atoms with Crippen LogP contribution in [0.15, 0.2) is 42.5 Å². The van der Waals surface area contributed by atoms with E-state index >= 15 is 0 Å². The zero-order valence-corrected chi connectivity index (χ0v) is 11.5. The molecule has 19 heavy (non-hydrogen) atoms. The molecule has 100 valence electrons. The van der Waals surface area contributed by atoms with Crippen molar-refractivity contribution in [1.82, 2.24) is 0 Å². The van der Waals surface area contributed by atoms with E-state index < -0.39 is 0 Å². The summed E-state index contributed by atoms with van der Waals surface area (Å²) in [6, 6.07) is 12.1. The van der Waals surface area contributed by atoms with Gasteiger partial charge in [-0.25, -0.2) is 4.39 Å². The number of nitrogen functional groups attached to an aromatic ring is 1. The minimum atomic E-state index is -0.323. The van der Waals surface area contributed by atoms with E-state index in [9.17, 15) is 4.39 Å². The summed E-state index contributed by atoms with van der Waals surface area (Å²) in [4.78, 5) is 2.11. The molecule has 0 aliphatic rings. The average Bonchev–Trinajstić information content (AvgIpc) is 2.39. The highest BCUT2D eigenvalue weighted by Crippen LogP contribution is 2.26. The molecule has 0 fully saturated rings. The predicted molar refractivity (Wildman–Crippen MR) is 79.0 cm³/mol. The number of rotatable bonds is 4. The monoisotopic (exact) mass is 278 g/mol. The Morgan fingerprint density at radius 3 is 2.58 bits per heavy atom. The lowest BCUT2D eigenvalue weighted by molar-refractivity contribution is 0.627. The van der Waals surface area contributed by atoms with Crippen LogP contribution < -0.4 is 10.6 Å². The van der Waals surface area contributed by atoms with Crippen LogP contribution in [0.3, 0.4) is 0 Å². The fourth-order valence-corrected chi connectivity index (χ4v) is 2.23. The van der Waals surface area contributed by atoms with Crippen molar-refractivity contribution in [2.75, 3.05) is 17.2 Å². The van der Waals surface area contributed by atoms with Gasteiger partial charge in [-0.1, -0.05) is 29.8 Å². The van der Waals surface area contributed by atoms with Crippen molar-refractivity contribution in [3.8, 4) is 0 Å². The molecule has 2 nitrogen and oxygen atoms in total. The second-order valence-corrected chi connectivity index (χ2v) is 4.72. The summed E-state index contributed by atoms with van der Waals surface area (Å²) in [5.41, 5.74) is 8.55. The number of nitrogens with two attached hydrogens (primary N) is 1. The van der Waals surface area contributed by atoms with E-state index in [1.165, 1.54) is 12.1 Å². The van der Waals surface area contributed by atoms with Crippen molar-refractivity contribution in [1.29, 1.82) is 0 Å². The van der Waals surface area contributed by atoms with Crippen molar-refractivity contribution in [2.24, 2.45) is 0 Å². The molecule has 0 heterocycles. The zero-order chi connectivity index (χ0) is 13.8. The number of halogens is 2. The quantitative estimate of drug-likeness (QED) is 0.854. The first kappa shape index (κ1) is 13.7. The summed E-state index contributed by atoms with van der Waals surface area (Å²) in [5.74, 6) is -0.323. The van der Waals surface area contributed by atoms with Gasteiger partial charge in [-0.15, -0.1) is 0 Å². The van der Waals surface area contributed by atoms with Crippen LogP contribution in [0.25, 0.3) is 0 Å². The number of anilines is 2. The van der Waals surface area contributed by atoms with Gasteiger partial charge in [-0.2, -0.15) is 0 Å². The lowest BCUT2D eigenvalue weighted by Crippen LogP contribution is -2.23. The SMILES string of the molecule is CCN(Cc1ccc(F)cc1Cl)c1ccccc1N. The maximum atomic E-state index is 13.0. The van der Waals surface area contributed by atoms with Crippen LogP contribution in [0.2, 0.25) is 5.02 Å². The van der Waals surface area contributed by atoms with E-state index in [0.717, 1.165) is 23.5 Å². The van der Waals surface area contributed by atoms with E-state index in [-0.39, 0.29) is 5.82 Å². The smallest absolute Gasteiger partial charge is 0.124 e. The number of hydrogen-bond acceptors (Lipinski definition) is 2. The number of hydrogen-bond donors (Lipinski definition) is 1. The van der Waals surface area contributed by atoms with Crippen LogP contribution in [0.1, 0.15) is 12.5 Å². The fourth-order valence-electron chi connectivity index (χ4n) is 2.00. The van der Waals surface area contributed by atoms with Gasteiger partial charge in [-0.3, -0.25) is 0 Å². The van der Waals surface area contributed by atoms with E-state index in [1.807, 2.05) is 31.2 Å².